The summed E-state index contributed by atoms with van der Waals surface area (Å²) in [6, 6.07) is 0.417. The molecule has 0 aromatic carbocycles. The zero-order chi connectivity index (χ0) is 15.7. The highest BCUT2D eigenvalue weighted by atomic mass is 32.2. The lowest BCUT2D eigenvalue weighted by Crippen LogP contribution is -2.36. The molecule has 1 atom stereocenters. The number of thioether (sulfide) groups is 1. The molecule has 2 N–H and O–H groups in total. The molecule has 21 heavy (non-hydrogen) atoms. The number of nitrogens with one attached hydrogen (secondary N) is 2. The SMILES string of the molecule is COCC(C)NC(=O)CSc1nnnn1CCNC(C)C. The summed E-state index contributed by atoms with van der Waals surface area (Å²) in [7, 11) is 1.61. The molecule has 1 aromatic heterocycles. The third kappa shape index (κ3) is 7.39. The molecule has 1 unspecified atom stereocenters. The van der Waals surface area contributed by atoms with Gasteiger partial charge < -0.3 is 15.4 Å². The summed E-state index contributed by atoms with van der Waals surface area (Å²) in [5.74, 6) is 0.228. The van der Waals surface area contributed by atoms with Crippen LogP contribution in [0.5, 0.6) is 0 Å². The van der Waals surface area contributed by atoms with Crippen LogP contribution in [0.1, 0.15) is 20.8 Å². The van der Waals surface area contributed by atoms with Gasteiger partial charge in [0.1, 0.15) is 0 Å². The summed E-state index contributed by atoms with van der Waals surface area (Å²) in [5.41, 5.74) is 0. The first-order valence-corrected chi connectivity index (χ1v) is 7.92. The minimum Gasteiger partial charge on any atom is -0.383 e. The van der Waals surface area contributed by atoms with E-state index < -0.39 is 0 Å². The maximum absolute atomic E-state index is 11.8. The molecule has 8 nitrogen and oxygen atoms in total. The van der Waals surface area contributed by atoms with Crippen molar-refractivity contribution in [3.8, 4) is 0 Å². The zero-order valence-corrected chi connectivity index (χ0v) is 13.8. The third-order valence-corrected chi connectivity index (χ3v) is 3.49. The Bertz CT molecular complexity index is 426. The van der Waals surface area contributed by atoms with Crippen LogP contribution in [0.25, 0.3) is 0 Å². The third-order valence-electron chi connectivity index (χ3n) is 2.53. The van der Waals surface area contributed by atoms with Crippen LogP contribution >= 0.6 is 11.8 Å². The topological polar surface area (TPSA) is 94.0 Å². The largest absolute Gasteiger partial charge is 0.383 e. The number of hydrogen-bond acceptors (Lipinski definition) is 7. The maximum atomic E-state index is 11.8. The lowest BCUT2D eigenvalue weighted by Gasteiger charge is -2.12. The van der Waals surface area contributed by atoms with Crippen molar-refractivity contribution < 1.29 is 9.53 Å². The molecule has 0 aliphatic rings. The molecule has 0 saturated carbocycles. The first-order valence-electron chi connectivity index (χ1n) is 6.93. The van der Waals surface area contributed by atoms with Crippen molar-refractivity contribution in [1.82, 2.24) is 30.8 Å². The smallest absolute Gasteiger partial charge is 0.230 e. The Hall–Kier alpha value is -1.19. The molecular formula is C12H24N6O2S. The fraction of sp³-hybridized carbons (Fsp3) is 0.833. The van der Waals surface area contributed by atoms with Gasteiger partial charge in [0.25, 0.3) is 0 Å². The Kier molecular flexibility index (Phi) is 8.24. The molecule has 0 saturated heterocycles. The van der Waals surface area contributed by atoms with Gasteiger partial charge >= 0.3 is 0 Å². The van der Waals surface area contributed by atoms with Gasteiger partial charge in [0, 0.05) is 25.7 Å². The van der Waals surface area contributed by atoms with Crippen LogP contribution in [0.15, 0.2) is 5.16 Å². The molecule has 1 amide bonds. The van der Waals surface area contributed by atoms with Gasteiger partial charge in [-0.2, -0.15) is 0 Å². The van der Waals surface area contributed by atoms with Crippen molar-refractivity contribution in [2.75, 3.05) is 26.0 Å². The lowest BCUT2D eigenvalue weighted by atomic mass is 10.3. The van der Waals surface area contributed by atoms with Crippen molar-refractivity contribution in [2.45, 2.75) is 44.6 Å². The van der Waals surface area contributed by atoms with Crippen molar-refractivity contribution >= 4 is 17.7 Å². The molecular weight excluding hydrogens is 292 g/mol. The molecule has 120 valence electrons. The predicted octanol–water partition coefficient (Wildman–Crippen LogP) is -0.0857. The number of amides is 1. The number of methoxy groups -OCH3 is 1. The highest BCUT2D eigenvalue weighted by Gasteiger charge is 2.11. The molecule has 9 heteroatoms. The fourth-order valence-electron chi connectivity index (χ4n) is 1.64. The number of carbonyl (C=O) groups excluding carboxylic acids is 1. The first-order chi connectivity index (χ1) is 10.0. The average Bonchev–Trinajstić information content (AvgIpc) is 2.83. The van der Waals surface area contributed by atoms with Gasteiger partial charge in [0.15, 0.2) is 0 Å². The molecule has 0 radical (unpaired) electrons. The number of aromatic nitrogens is 4. The maximum Gasteiger partial charge on any atom is 0.230 e. The fourth-order valence-corrected chi connectivity index (χ4v) is 2.35. The van der Waals surface area contributed by atoms with Crippen molar-refractivity contribution in [3.05, 3.63) is 0 Å². The molecule has 0 aliphatic heterocycles. The molecule has 1 rings (SSSR count). The number of tetrazole rings is 1. The van der Waals surface area contributed by atoms with Crippen LogP contribution in [-0.4, -0.2) is 64.2 Å². The van der Waals surface area contributed by atoms with Gasteiger partial charge in [-0.15, -0.1) is 5.10 Å². The van der Waals surface area contributed by atoms with Gasteiger partial charge in [-0.1, -0.05) is 25.6 Å². The second-order valence-electron chi connectivity index (χ2n) is 5.01. The average molecular weight is 316 g/mol. The van der Waals surface area contributed by atoms with Gasteiger partial charge in [0.05, 0.1) is 18.9 Å². The van der Waals surface area contributed by atoms with Gasteiger partial charge in [-0.3, -0.25) is 4.79 Å². The van der Waals surface area contributed by atoms with E-state index in [0.717, 1.165) is 6.54 Å². The summed E-state index contributed by atoms with van der Waals surface area (Å²) in [6.45, 7) is 8.02. The Balaban J connectivity index is 2.35. The molecule has 0 spiro atoms. The van der Waals surface area contributed by atoms with Gasteiger partial charge in [0.2, 0.25) is 11.1 Å². The molecule has 0 bridgehead atoms. The Morgan fingerprint density at radius 1 is 1.43 bits per heavy atom. The van der Waals surface area contributed by atoms with Crippen molar-refractivity contribution in [2.24, 2.45) is 0 Å². The quantitative estimate of drug-likeness (QED) is 0.583. The molecule has 1 heterocycles. The van der Waals surface area contributed by atoms with E-state index >= 15 is 0 Å². The summed E-state index contributed by atoms with van der Waals surface area (Å²) in [4.78, 5) is 11.8. The van der Waals surface area contributed by atoms with Crippen molar-refractivity contribution in [1.29, 1.82) is 0 Å². The van der Waals surface area contributed by atoms with Crippen LogP contribution in [-0.2, 0) is 16.1 Å². The minimum absolute atomic E-state index is 0.00524. The first kappa shape index (κ1) is 17.9. The second kappa shape index (κ2) is 9.69. The standard InChI is InChI=1S/C12H24N6O2S/c1-9(2)13-5-6-18-12(15-16-17-18)21-8-11(19)14-10(3)7-20-4/h9-10,13H,5-8H2,1-4H3,(H,14,19). The number of carbonyl (C=O) groups is 1. The Labute approximate surface area is 129 Å². The van der Waals surface area contributed by atoms with E-state index in [-0.39, 0.29) is 17.7 Å². The van der Waals surface area contributed by atoms with Gasteiger partial charge in [-0.25, -0.2) is 4.68 Å². The van der Waals surface area contributed by atoms with Crippen molar-refractivity contribution in [3.63, 3.8) is 0 Å². The number of rotatable bonds is 10. The summed E-state index contributed by atoms with van der Waals surface area (Å²) in [6.07, 6.45) is 0. The number of nitrogens with zero attached hydrogens (tertiary/aromatic N) is 4. The van der Waals surface area contributed by atoms with E-state index in [4.69, 9.17) is 4.74 Å². The summed E-state index contributed by atoms with van der Waals surface area (Å²) < 4.78 is 6.67. The highest BCUT2D eigenvalue weighted by Crippen LogP contribution is 2.12. The summed E-state index contributed by atoms with van der Waals surface area (Å²) >= 11 is 1.33. The minimum atomic E-state index is -0.0561. The van der Waals surface area contributed by atoms with E-state index in [1.54, 1.807) is 11.8 Å². The van der Waals surface area contributed by atoms with Crippen LogP contribution in [0.4, 0.5) is 0 Å². The van der Waals surface area contributed by atoms with Crippen LogP contribution in [0, 0.1) is 0 Å². The normalized spacial score (nSPS) is 12.6. The predicted molar refractivity (Wildman–Crippen MR) is 81.2 cm³/mol. The second-order valence-corrected chi connectivity index (χ2v) is 5.95. The number of ether oxygens (including phenoxy) is 1. The molecule has 1 aromatic rings. The summed E-state index contributed by atoms with van der Waals surface area (Å²) in [5, 5.41) is 18.3. The Morgan fingerprint density at radius 2 is 2.19 bits per heavy atom. The number of hydrogen-bond donors (Lipinski definition) is 2. The molecule has 0 aliphatic carbocycles. The zero-order valence-electron chi connectivity index (χ0n) is 13.0. The highest BCUT2D eigenvalue weighted by molar-refractivity contribution is 7.99. The lowest BCUT2D eigenvalue weighted by molar-refractivity contribution is -0.119. The Morgan fingerprint density at radius 3 is 2.86 bits per heavy atom. The van der Waals surface area contributed by atoms with E-state index in [2.05, 4.69) is 40.0 Å². The van der Waals surface area contributed by atoms with E-state index in [1.165, 1.54) is 11.8 Å². The van der Waals surface area contributed by atoms with E-state index in [9.17, 15) is 4.79 Å². The monoisotopic (exact) mass is 316 g/mol. The van der Waals surface area contributed by atoms with E-state index in [1.807, 2.05) is 6.92 Å². The van der Waals surface area contributed by atoms with Gasteiger partial charge in [-0.05, 0) is 17.4 Å². The van der Waals surface area contributed by atoms with Crippen LogP contribution in [0.2, 0.25) is 0 Å². The van der Waals surface area contributed by atoms with Crippen LogP contribution in [0.3, 0.4) is 0 Å². The molecule has 0 fully saturated rings. The van der Waals surface area contributed by atoms with E-state index in [0.29, 0.717) is 24.3 Å². The van der Waals surface area contributed by atoms with Crippen LogP contribution < -0.4 is 10.6 Å².